The Balaban J connectivity index is 0.916. The van der Waals surface area contributed by atoms with Crippen LogP contribution in [-0.4, -0.2) is 18.7 Å². The first-order chi connectivity index (χ1) is 41.6. The molecule has 0 fully saturated rings. The van der Waals surface area contributed by atoms with Gasteiger partial charge in [0.25, 0.3) is 0 Å². The molecule has 6 heteroatoms. The number of benzene rings is 8. The fraction of sp³-hybridized carbons (Fsp3) is 0.206. The number of aromatic nitrogens is 4. The van der Waals surface area contributed by atoms with Crippen LogP contribution in [-0.2, 0) is 61.3 Å². The number of ether oxygens (including phenoxy) is 1. The summed E-state index contributed by atoms with van der Waals surface area (Å²) in [4.78, 5) is 4.91. The predicted octanol–water partition coefficient (Wildman–Crippen LogP) is 16.1. The number of para-hydroxylation sites is 2. The molecule has 2 spiro atoms. The Morgan fingerprint density at radius 2 is 1.16 bits per heavy atom. The van der Waals surface area contributed by atoms with Crippen LogP contribution in [0.15, 0.2) is 188 Å². The summed E-state index contributed by atoms with van der Waals surface area (Å²) in [7, 11) is 0. The van der Waals surface area contributed by atoms with Crippen molar-refractivity contribution < 1.29 is 41.9 Å². The van der Waals surface area contributed by atoms with Gasteiger partial charge in [0.05, 0.1) is 6.85 Å². The molecular formula is C68H56N4OPt. The van der Waals surface area contributed by atoms with Crippen LogP contribution < -0.4 is 4.74 Å². The molecule has 4 aliphatic rings. The maximum atomic E-state index is 9.60. The second-order valence-electron chi connectivity index (χ2n) is 21.6. The van der Waals surface area contributed by atoms with Crippen molar-refractivity contribution in [2.45, 2.75) is 88.4 Å². The van der Waals surface area contributed by atoms with E-state index < -0.39 is 29.0 Å². The molecule has 0 saturated heterocycles. The molecule has 2 unspecified atom stereocenters. The van der Waals surface area contributed by atoms with E-state index in [1.54, 1.807) is 12.3 Å². The first kappa shape index (κ1) is 32.8. The zero-order chi connectivity index (χ0) is 60.8. The summed E-state index contributed by atoms with van der Waals surface area (Å²) >= 11 is 2.42. The molecule has 3 aromatic heterocycles. The van der Waals surface area contributed by atoms with Crippen molar-refractivity contribution in [1.29, 1.82) is 0 Å². The minimum atomic E-state index is -0.773. The Labute approximate surface area is 461 Å². The second kappa shape index (κ2) is 16.3. The summed E-state index contributed by atoms with van der Waals surface area (Å²) in [6.45, 7) is 6.45. The first-order valence-corrected chi connectivity index (χ1v) is 26.7. The molecule has 2 atom stereocenters. The van der Waals surface area contributed by atoms with Gasteiger partial charge in [-0.15, -0.1) is 0 Å². The summed E-state index contributed by atoms with van der Waals surface area (Å²) in [6, 6.07) is 31.3. The minimum absolute atomic E-state index is 0.00603. The van der Waals surface area contributed by atoms with E-state index in [0.717, 1.165) is 75.8 Å². The zero-order valence-electron chi connectivity index (χ0n) is 54.1. The third-order valence-electron chi connectivity index (χ3n) is 16.8. The minimum Gasteiger partial charge on any atom is -0.0617 e. The van der Waals surface area contributed by atoms with Crippen LogP contribution in [0, 0.1) is 3.80 Å². The van der Waals surface area contributed by atoms with Gasteiger partial charge in [0.2, 0.25) is 0 Å². The topological polar surface area (TPSA) is 36.9 Å². The van der Waals surface area contributed by atoms with E-state index in [1.165, 1.54) is 0 Å². The van der Waals surface area contributed by atoms with Crippen LogP contribution >= 0.6 is 0 Å². The van der Waals surface area contributed by atoms with Crippen molar-refractivity contribution >= 4 is 32.8 Å². The van der Waals surface area contributed by atoms with Crippen molar-refractivity contribution in [3.05, 3.63) is 242 Å². The van der Waals surface area contributed by atoms with Gasteiger partial charge in [0, 0.05) is 6.20 Å². The van der Waals surface area contributed by atoms with E-state index >= 15 is 0 Å². The second-order valence-corrected chi connectivity index (χ2v) is 22.6. The smallest absolute Gasteiger partial charge is 0.0617 e. The van der Waals surface area contributed by atoms with Gasteiger partial charge in [-0.05, 0) is 28.2 Å². The van der Waals surface area contributed by atoms with Crippen LogP contribution in [0.25, 0.3) is 61.2 Å². The van der Waals surface area contributed by atoms with Gasteiger partial charge in [-0.1, -0.05) is 57.0 Å². The van der Waals surface area contributed by atoms with Crippen molar-refractivity contribution in [1.82, 2.24) is 18.7 Å². The molecule has 0 saturated carbocycles. The Hall–Kier alpha value is -7.33. The normalized spacial score (nSPS) is 21.0. The molecule has 0 aliphatic heterocycles. The number of rotatable bonds is 6. The first-order valence-electron chi connectivity index (χ1n) is 32.0. The fourth-order valence-electron chi connectivity index (χ4n) is 13.5. The van der Waals surface area contributed by atoms with Gasteiger partial charge in [-0.2, -0.15) is 0 Å². The third-order valence-corrected chi connectivity index (χ3v) is 17.8. The number of aryl methyl sites for hydroxylation is 2. The van der Waals surface area contributed by atoms with Crippen LogP contribution in [0.4, 0.5) is 0 Å². The summed E-state index contributed by atoms with van der Waals surface area (Å²) in [5.41, 5.74) is 12.0. The molecule has 0 N–H and O–H groups in total. The third kappa shape index (κ3) is 6.45. The molecule has 5 nitrogen and oxygen atoms in total. The SMILES string of the molecule is [2H]c1c([2H])c([2H])c(-c2ccc3c(c2)c2ccc(Oc4cccc(-n5[c](=[Pt])n(-c6c7c(cc8c6C6(CC8)CCc8c([2H])c([2H])c([2H])c([2H])c86)CCC76CCc7c([2H])c([2H])c([2H])c([2H])c76)c6ccccc65)c4)cc2n3-c2cc(C(C)(C)C)ccn2)c([2H])c1[2H]. The van der Waals surface area contributed by atoms with Gasteiger partial charge in [-0.25, -0.2) is 0 Å². The van der Waals surface area contributed by atoms with E-state index in [1.807, 2.05) is 72.8 Å². The number of hydrogen-bond acceptors (Lipinski definition) is 2. The number of imidazole rings is 1. The van der Waals surface area contributed by atoms with E-state index in [-0.39, 0.29) is 71.4 Å². The van der Waals surface area contributed by atoms with Crippen molar-refractivity contribution in [2.24, 2.45) is 0 Å². The molecular weight excluding hydrogens is 1080 g/mol. The Morgan fingerprint density at radius 1 is 0.527 bits per heavy atom. The Kier molecular flexibility index (Phi) is 7.23. The average Bonchev–Trinajstić information content (AvgIpc) is 1.53. The number of hydrogen-bond donors (Lipinski definition) is 0. The van der Waals surface area contributed by atoms with Crippen LogP contribution in [0.5, 0.6) is 11.5 Å². The van der Waals surface area contributed by atoms with Gasteiger partial charge >= 0.3 is 365 Å². The van der Waals surface area contributed by atoms with Gasteiger partial charge < -0.3 is 0 Å². The molecule has 0 bridgehead atoms. The Bertz CT molecular complexity index is 4860. The van der Waals surface area contributed by atoms with E-state index in [2.05, 4.69) is 78.1 Å². The summed E-state index contributed by atoms with van der Waals surface area (Å²) in [5, 5.41) is 1.63. The zero-order valence-corrected chi connectivity index (χ0v) is 43.3. The van der Waals surface area contributed by atoms with Crippen LogP contribution in [0.1, 0.15) is 114 Å². The van der Waals surface area contributed by atoms with Gasteiger partial charge in [-0.3, -0.25) is 0 Å². The number of fused-ring (bicyclic) bond motifs is 12. The molecule has 0 radical (unpaired) electrons. The number of nitrogens with zero attached hydrogens (tertiary/aromatic N) is 4. The average molecular weight is 1150 g/mol. The molecule has 15 rings (SSSR count). The Morgan fingerprint density at radius 3 is 1.85 bits per heavy atom. The van der Waals surface area contributed by atoms with Gasteiger partial charge in [0.1, 0.15) is 0 Å². The quantitative estimate of drug-likeness (QED) is 0.166. The van der Waals surface area contributed by atoms with Crippen LogP contribution in [0.3, 0.4) is 0 Å². The molecule has 0 amide bonds. The monoisotopic (exact) mass is 1150 g/mol. The van der Waals surface area contributed by atoms with Crippen molar-refractivity contribution in [2.75, 3.05) is 0 Å². The van der Waals surface area contributed by atoms with E-state index in [9.17, 15) is 5.48 Å². The summed E-state index contributed by atoms with van der Waals surface area (Å²) in [5.74, 6) is 1.77. The van der Waals surface area contributed by atoms with Crippen LogP contribution in [0.2, 0.25) is 0 Å². The van der Waals surface area contributed by atoms with Crippen molar-refractivity contribution in [3.8, 4) is 39.8 Å². The molecule has 364 valence electrons. The van der Waals surface area contributed by atoms with Crippen molar-refractivity contribution in [3.63, 3.8) is 0 Å². The summed E-state index contributed by atoms with van der Waals surface area (Å²) in [6.07, 6.45) is 6.68. The molecule has 4 aliphatic carbocycles. The molecule has 11 aromatic rings. The summed E-state index contributed by atoms with van der Waals surface area (Å²) < 4.78 is 130. The molecule has 8 aromatic carbocycles. The standard InChI is InChI=1S/C68H56N4O.Pt/c1-66(2,3)50-32-37-69-62(40-50)72-58-27-24-47(44-14-5-4-6-15-44)39-55(58)54-26-25-53(42-61(54)72)73-52-19-13-18-51(41-52)70-43-71(60-23-12-11-22-59(60)70)65-63-48(30-35-67(63)33-28-45-16-7-9-20-56(45)67)38-49-31-36-68(64(49)65)34-29-46-17-8-10-21-57(46)68;/h4-27,32,37-42H,28-31,33-36H2,1-3H3;/i4D,5D,6D,7D,8D,9D,10D,14D,15D,16D,17D,20D,21D;. The number of pyridine rings is 1. The van der Waals surface area contributed by atoms with E-state index in [0.29, 0.717) is 96.5 Å². The maximum absolute atomic E-state index is 9.60. The predicted molar refractivity (Wildman–Crippen MR) is 296 cm³/mol. The molecule has 74 heavy (non-hydrogen) atoms. The van der Waals surface area contributed by atoms with E-state index in [4.69, 9.17) is 22.1 Å². The van der Waals surface area contributed by atoms with Gasteiger partial charge in [0.15, 0.2) is 0 Å². The fourth-order valence-corrected chi connectivity index (χ4v) is 14.6. The molecule has 3 heterocycles.